The number of amides is 1. The third-order valence-electron chi connectivity index (χ3n) is 6.03. The largest absolute Gasteiger partial charge is 0.493 e. The van der Waals surface area contributed by atoms with Crippen molar-refractivity contribution in [2.24, 2.45) is 0 Å². The van der Waals surface area contributed by atoms with Gasteiger partial charge in [0.15, 0.2) is 12.3 Å². The lowest BCUT2D eigenvalue weighted by atomic mass is 10.1. The molecule has 1 saturated heterocycles. The summed E-state index contributed by atoms with van der Waals surface area (Å²) < 4.78 is 5.78. The summed E-state index contributed by atoms with van der Waals surface area (Å²) in [5, 5.41) is 3.10. The number of carbonyl (C=O) groups excluding carboxylic acids is 2. The number of piperazine rings is 1. The van der Waals surface area contributed by atoms with E-state index in [0.29, 0.717) is 13.2 Å². The molecular weight excluding hydrogens is 390 g/mol. The van der Waals surface area contributed by atoms with Crippen LogP contribution in [0.5, 0.6) is 5.75 Å². The number of hydrogen-bond acceptors (Lipinski definition) is 3. The fourth-order valence-electron chi connectivity index (χ4n) is 4.24. The van der Waals surface area contributed by atoms with Gasteiger partial charge in [-0.25, -0.2) is 0 Å². The molecule has 31 heavy (non-hydrogen) atoms. The first-order valence-corrected chi connectivity index (χ1v) is 11.2. The van der Waals surface area contributed by atoms with Crippen molar-refractivity contribution in [2.45, 2.75) is 34.2 Å². The number of ketones is 1. The maximum atomic E-state index is 12.6. The lowest BCUT2D eigenvalue weighted by Gasteiger charge is -2.30. The van der Waals surface area contributed by atoms with Gasteiger partial charge in [0, 0.05) is 16.8 Å². The fraction of sp³-hybridized carbons (Fsp3) is 0.440. The minimum Gasteiger partial charge on any atom is -0.493 e. The van der Waals surface area contributed by atoms with Crippen LogP contribution in [0.25, 0.3) is 0 Å². The molecule has 0 bridgehead atoms. The molecule has 0 atom stereocenters. The molecule has 166 valence electrons. The van der Waals surface area contributed by atoms with Crippen molar-refractivity contribution in [3.8, 4) is 5.75 Å². The van der Waals surface area contributed by atoms with Gasteiger partial charge in [0.1, 0.15) is 38.5 Å². The lowest BCUT2D eigenvalue weighted by Crippen LogP contribution is -3.28. The van der Waals surface area contributed by atoms with Crippen LogP contribution in [0.3, 0.4) is 0 Å². The molecule has 0 aliphatic carbocycles. The van der Waals surface area contributed by atoms with Gasteiger partial charge in [0.2, 0.25) is 0 Å². The van der Waals surface area contributed by atoms with Crippen LogP contribution in [0.4, 0.5) is 5.69 Å². The number of anilines is 1. The second kappa shape index (κ2) is 10.6. The number of nitrogens with one attached hydrogen (secondary N) is 3. The first kappa shape index (κ1) is 23.0. The van der Waals surface area contributed by atoms with Crippen molar-refractivity contribution >= 4 is 17.4 Å². The Bertz CT molecular complexity index is 913. The van der Waals surface area contributed by atoms with Crippen LogP contribution in [0.1, 0.15) is 40.9 Å². The molecule has 1 heterocycles. The van der Waals surface area contributed by atoms with Crippen molar-refractivity contribution < 1.29 is 24.1 Å². The van der Waals surface area contributed by atoms with E-state index in [4.69, 9.17) is 4.74 Å². The van der Waals surface area contributed by atoms with Crippen LogP contribution in [-0.4, -0.2) is 51.0 Å². The SMILES string of the molecule is CCOc1ccc(C(C)=O)cc1C[NH+]1CC[NH+](CC(=O)Nc2c(C)cccc2C)CC1. The standard InChI is InChI=1S/C25H33N3O3/c1-5-31-23-10-9-21(20(4)29)15-22(23)16-27-11-13-28(14-12-27)17-24(30)26-25-18(2)7-6-8-19(25)3/h6-10,15H,5,11-14,16-17H2,1-4H3,(H,26,30)/p+2. The molecule has 2 aromatic rings. The number of rotatable bonds is 8. The Morgan fingerprint density at radius 2 is 1.65 bits per heavy atom. The zero-order valence-electron chi connectivity index (χ0n) is 19.1. The fourth-order valence-corrected chi connectivity index (χ4v) is 4.24. The van der Waals surface area contributed by atoms with Gasteiger partial charge in [-0.05, 0) is 57.0 Å². The molecule has 0 radical (unpaired) electrons. The van der Waals surface area contributed by atoms with E-state index in [2.05, 4.69) is 5.32 Å². The summed E-state index contributed by atoms with van der Waals surface area (Å²) >= 11 is 0. The van der Waals surface area contributed by atoms with Gasteiger partial charge in [-0.1, -0.05) is 18.2 Å². The van der Waals surface area contributed by atoms with Crippen LogP contribution in [0.2, 0.25) is 0 Å². The Morgan fingerprint density at radius 1 is 1.00 bits per heavy atom. The van der Waals surface area contributed by atoms with E-state index in [1.165, 1.54) is 9.80 Å². The molecule has 1 aliphatic rings. The summed E-state index contributed by atoms with van der Waals surface area (Å²) in [4.78, 5) is 27.2. The minimum atomic E-state index is 0.0727. The van der Waals surface area contributed by atoms with E-state index in [1.54, 1.807) is 6.92 Å². The Balaban J connectivity index is 1.54. The number of carbonyl (C=O) groups is 2. The molecule has 6 nitrogen and oxygen atoms in total. The first-order valence-electron chi connectivity index (χ1n) is 11.2. The highest BCUT2D eigenvalue weighted by molar-refractivity contribution is 5.94. The lowest BCUT2D eigenvalue weighted by molar-refractivity contribution is -1.02. The van der Waals surface area contributed by atoms with Crippen LogP contribution in [0.15, 0.2) is 36.4 Å². The molecule has 0 spiro atoms. The highest BCUT2D eigenvalue weighted by atomic mass is 16.5. The summed E-state index contributed by atoms with van der Waals surface area (Å²) in [5.41, 5.74) is 4.93. The van der Waals surface area contributed by atoms with Crippen molar-refractivity contribution in [3.63, 3.8) is 0 Å². The van der Waals surface area contributed by atoms with Gasteiger partial charge in [0.05, 0.1) is 6.61 Å². The van der Waals surface area contributed by atoms with Crippen LogP contribution in [0, 0.1) is 13.8 Å². The number of quaternary nitrogens is 2. The first-order chi connectivity index (χ1) is 14.9. The molecule has 3 N–H and O–H groups in total. The molecular formula is C25H35N3O3+2. The number of aryl methyl sites for hydroxylation is 2. The van der Waals surface area contributed by atoms with E-state index in [0.717, 1.165) is 66.4 Å². The number of ether oxygens (including phenoxy) is 1. The molecule has 1 amide bonds. The Labute approximate surface area is 185 Å². The Kier molecular flexibility index (Phi) is 7.82. The van der Waals surface area contributed by atoms with Gasteiger partial charge >= 0.3 is 0 Å². The summed E-state index contributed by atoms with van der Waals surface area (Å²) in [5.74, 6) is 1.01. The topological polar surface area (TPSA) is 64.3 Å². The number of para-hydroxylation sites is 1. The van der Waals surface area contributed by atoms with E-state index in [-0.39, 0.29) is 11.7 Å². The smallest absolute Gasteiger partial charge is 0.279 e. The molecule has 0 unspecified atom stereocenters. The van der Waals surface area contributed by atoms with Gasteiger partial charge in [-0.15, -0.1) is 0 Å². The van der Waals surface area contributed by atoms with Gasteiger partial charge in [0.25, 0.3) is 5.91 Å². The minimum absolute atomic E-state index is 0.0727. The highest BCUT2D eigenvalue weighted by Gasteiger charge is 2.26. The number of benzene rings is 2. The molecule has 0 saturated carbocycles. The normalized spacial score (nSPS) is 18.5. The van der Waals surface area contributed by atoms with E-state index in [1.807, 2.05) is 57.2 Å². The van der Waals surface area contributed by atoms with Crippen LogP contribution in [-0.2, 0) is 11.3 Å². The van der Waals surface area contributed by atoms with Crippen molar-refractivity contribution in [3.05, 3.63) is 58.7 Å². The predicted molar refractivity (Wildman–Crippen MR) is 122 cm³/mol. The van der Waals surface area contributed by atoms with Crippen molar-refractivity contribution in [2.75, 3.05) is 44.6 Å². The quantitative estimate of drug-likeness (QED) is 0.549. The maximum Gasteiger partial charge on any atom is 0.279 e. The third-order valence-corrected chi connectivity index (χ3v) is 6.03. The number of Topliss-reactive ketones (excluding diaryl/α,β-unsaturated/α-hetero) is 1. The van der Waals surface area contributed by atoms with Gasteiger partial charge < -0.3 is 19.9 Å². The van der Waals surface area contributed by atoms with Crippen molar-refractivity contribution in [1.82, 2.24) is 0 Å². The van der Waals surface area contributed by atoms with Gasteiger partial charge in [-0.3, -0.25) is 9.59 Å². The average molecular weight is 426 g/mol. The highest BCUT2D eigenvalue weighted by Crippen LogP contribution is 2.20. The molecule has 2 aromatic carbocycles. The molecule has 3 rings (SSSR count). The Hall–Kier alpha value is -2.70. The molecule has 1 fully saturated rings. The Morgan fingerprint density at radius 3 is 2.26 bits per heavy atom. The molecule has 0 aromatic heterocycles. The predicted octanol–water partition coefficient (Wildman–Crippen LogP) is 0.827. The van der Waals surface area contributed by atoms with Crippen molar-refractivity contribution in [1.29, 1.82) is 0 Å². The maximum absolute atomic E-state index is 12.6. The zero-order valence-corrected chi connectivity index (χ0v) is 19.1. The van der Waals surface area contributed by atoms with Crippen LogP contribution < -0.4 is 19.9 Å². The third kappa shape index (κ3) is 6.15. The summed E-state index contributed by atoms with van der Waals surface area (Å²) in [6, 6.07) is 11.8. The number of hydrogen-bond donors (Lipinski definition) is 3. The monoisotopic (exact) mass is 425 g/mol. The van der Waals surface area contributed by atoms with E-state index < -0.39 is 0 Å². The molecule has 6 heteroatoms. The second-order valence-corrected chi connectivity index (χ2v) is 8.48. The van der Waals surface area contributed by atoms with Gasteiger partial charge in [-0.2, -0.15) is 0 Å². The summed E-state index contributed by atoms with van der Waals surface area (Å²) in [6.45, 7) is 13.4. The van der Waals surface area contributed by atoms with Crippen LogP contribution >= 0.6 is 0 Å². The molecule has 1 aliphatic heterocycles. The second-order valence-electron chi connectivity index (χ2n) is 8.48. The average Bonchev–Trinajstić information content (AvgIpc) is 2.73. The van der Waals surface area contributed by atoms with E-state index >= 15 is 0 Å². The zero-order chi connectivity index (χ0) is 22.4. The van der Waals surface area contributed by atoms with E-state index in [9.17, 15) is 9.59 Å². The summed E-state index contributed by atoms with van der Waals surface area (Å²) in [7, 11) is 0. The summed E-state index contributed by atoms with van der Waals surface area (Å²) in [6.07, 6.45) is 0.